The van der Waals surface area contributed by atoms with Gasteiger partial charge in [-0.25, -0.2) is 4.79 Å². The minimum absolute atomic E-state index is 0.0930. The molecule has 7 heteroatoms. The van der Waals surface area contributed by atoms with Gasteiger partial charge in [0, 0.05) is 36.7 Å². The first kappa shape index (κ1) is 22.0. The summed E-state index contributed by atoms with van der Waals surface area (Å²) in [5.74, 6) is -1.63. The highest BCUT2D eigenvalue weighted by Crippen LogP contribution is 2.60. The van der Waals surface area contributed by atoms with E-state index in [9.17, 15) is 20.1 Å². The molecule has 3 N–H and O–H groups in total. The summed E-state index contributed by atoms with van der Waals surface area (Å²) in [6, 6.07) is 0. The lowest BCUT2D eigenvalue weighted by Crippen LogP contribution is -2.56. The molecule has 4 aliphatic rings. The van der Waals surface area contributed by atoms with Gasteiger partial charge < -0.3 is 29.5 Å². The van der Waals surface area contributed by atoms with Crippen LogP contribution in [-0.2, 0) is 19.0 Å². The van der Waals surface area contributed by atoms with Gasteiger partial charge in [-0.05, 0) is 25.8 Å². The van der Waals surface area contributed by atoms with E-state index in [0.29, 0.717) is 6.42 Å². The van der Waals surface area contributed by atoms with Crippen molar-refractivity contribution in [2.75, 3.05) is 7.11 Å². The second kappa shape index (κ2) is 7.71. The number of esters is 1. The Morgan fingerprint density at radius 1 is 1.23 bits per heavy atom. The third-order valence-electron chi connectivity index (χ3n) is 7.91. The highest BCUT2D eigenvalue weighted by atomic mass is 16.6. The summed E-state index contributed by atoms with van der Waals surface area (Å²) in [4.78, 5) is 12.8. The summed E-state index contributed by atoms with van der Waals surface area (Å²) in [7, 11) is 1.47. The van der Waals surface area contributed by atoms with Gasteiger partial charge in [0.05, 0.1) is 24.4 Å². The largest absolute Gasteiger partial charge is 0.457 e. The van der Waals surface area contributed by atoms with E-state index in [4.69, 9.17) is 14.2 Å². The molecule has 168 valence electrons. The highest BCUT2D eigenvalue weighted by molar-refractivity contribution is 5.75. The van der Waals surface area contributed by atoms with Gasteiger partial charge in [-0.3, -0.25) is 0 Å². The molecule has 4 bridgehead atoms. The third-order valence-corrected chi connectivity index (χ3v) is 7.91. The van der Waals surface area contributed by atoms with Gasteiger partial charge in [0.2, 0.25) is 0 Å². The molecule has 2 fully saturated rings. The fourth-order valence-corrected chi connectivity index (χ4v) is 6.34. The average molecular weight is 423 g/mol. The Hall–Kier alpha value is -1.25. The van der Waals surface area contributed by atoms with Crippen LogP contribution in [0.1, 0.15) is 34.1 Å². The zero-order valence-corrected chi connectivity index (χ0v) is 18.3. The molecule has 0 amide bonds. The molecule has 0 aromatic rings. The summed E-state index contributed by atoms with van der Waals surface area (Å²) in [5.41, 5.74) is 0.0851. The molecule has 7 nitrogen and oxygen atoms in total. The topological polar surface area (TPSA) is 105 Å². The first-order valence-corrected chi connectivity index (χ1v) is 11.0. The van der Waals surface area contributed by atoms with Crippen molar-refractivity contribution in [3.63, 3.8) is 0 Å². The van der Waals surface area contributed by atoms with Crippen molar-refractivity contribution < 1.29 is 34.3 Å². The lowest BCUT2D eigenvalue weighted by atomic mass is 9.57. The number of aliphatic hydroxyl groups excluding tert-OH is 3. The van der Waals surface area contributed by atoms with E-state index in [1.54, 1.807) is 6.92 Å². The van der Waals surface area contributed by atoms with Crippen LogP contribution in [0, 0.1) is 29.6 Å². The fraction of sp³-hybridized carbons (Fsp3) is 0.783. The SMILES string of the molecule is CO[C@H]1C[C@H]2C=CC3C4[C@H](O)[C@@H](C)[C@@H](O)[C@@H]3O[C@]42/C(C)=C/[C@@H](C)C(C(C)O)OC1=O. The molecule has 1 saturated heterocycles. The zero-order chi connectivity index (χ0) is 22.0. The molecule has 12 atom stereocenters. The first-order chi connectivity index (χ1) is 14.1. The van der Waals surface area contributed by atoms with Crippen molar-refractivity contribution in [1.29, 1.82) is 0 Å². The number of ether oxygens (including phenoxy) is 3. The van der Waals surface area contributed by atoms with Gasteiger partial charge in [0.1, 0.15) is 11.7 Å². The number of carbonyl (C=O) groups excluding carboxylic acids is 1. The van der Waals surface area contributed by atoms with E-state index in [1.165, 1.54) is 7.11 Å². The molecule has 2 aliphatic heterocycles. The Balaban J connectivity index is 1.86. The van der Waals surface area contributed by atoms with E-state index in [0.717, 1.165) is 5.57 Å². The van der Waals surface area contributed by atoms with E-state index in [1.807, 2.05) is 39.0 Å². The minimum Gasteiger partial charge on any atom is -0.457 e. The van der Waals surface area contributed by atoms with Gasteiger partial charge in [-0.1, -0.05) is 32.1 Å². The summed E-state index contributed by atoms with van der Waals surface area (Å²) in [6.45, 7) is 7.34. The number of rotatable bonds is 2. The molecule has 1 spiro atoms. The van der Waals surface area contributed by atoms with E-state index in [2.05, 4.69) is 0 Å². The fourth-order valence-electron chi connectivity index (χ4n) is 6.34. The molecule has 1 saturated carbocycles. The lowest BCUT2D eigenvalue weighted by Gasteiger charge is -2.48. The molecule has 30 heavy (non-hydrogen) atoms. The first-order valence-electron chi connectivity index (χ1n) is 11.0. The van der Waals surface area contributed by atoms with Crippen molar-refractivity contribution in [3.8, 4) is 0 Å². The molecule has 4 unspecified atom stereocenters. The van der Waals surface area contributed by atoms with Crippen molar-refractivity contribution in [1.82, 2.24) is 0 Å². The Morgan fingerprint density at radius 2 is 1.93 bits per heavy atom. The maximum Gasteiger partial charge on any atom is 0.335 e. The van der Waals surface area contributed by atoms with Crippen LogP contribution in [0.25, 0.3) is 0 Å². The molecule has 2 aliphatic carbocycles. The summed E-state index contributed by atoms with van der Waals surface area (Å²) in [5, 5.41) is 32.3. The molecule has 4 rings (SSSR count). The number of aliphatic hydroxyl groups is 3. The van der Waals surface area contributed by atoms with E-state index < -0.39 is 48.2 Å². The smallest absolute Gasteiger partial charge is 0.335 e. The summed E-state index contributed by atoms with van der Waals surface area (Å²) in [6.07, 6.45) is 2.09. The van der Waals surface area contributed by atoms with Crippen LogP contribution in [0.15, 0.2) is 23.8 Å². The molecule has 0 aromatic carbocycles. The van der Waals surface area contributed by atoms with Crippen LogP contribution in [0.5, 0.6) is 0 Å². The second-order valence-electron chi connectivity index (χ2n) is 9.62. The Kier molecular flexibility index (Phi) is 5.64. The number of cyclic esters (lactones) is 1. The predicted molar refractivity (Wildman–Crippen MR) is 108 cm³/mol. The highest BCUT2D eigenvalue weighted by Gasteiger charge is 2.68. The monoisotopic (exact) mass is 422 g/mol. The Morgan fingerprint density at radius 3 is 2.57 bits per heavy atom. The number of methoxy groups -OCH3 is 1. The van der Waals surface area contributed by atoms with Crippen LogP contribution in [0.4, 0.5) is 0 Å². The van der Waals surface area contributed by atoms with Crippen LogP contribution in [-0.4, -0.2) is 70.6 Å². The molecule has 2 heterocycles. The molecular formula is C23H34O7. The van der Waals surface area contributed by atoms with Crippen LogP contribution in [0.3, 0.4) is 0 Å². The average Bonchev–Trinajstić information content (AvgIpc) is 2.91. The maximum atomic E-state index is 12.8. The van der Waals surface area contributed by atoms with Gasteiger partial charge in [-0.15, -0.1) is 0 Å². The third kappa shape index (κ3) is 3.01. The van der Waals surface area contributed by atoms with Gasteiger partial charge >= 0.3 is 5.97 Å². The quantitative estimate of drug-likeness (QED) is 0.454. The Labute approximate surface area is 177 Å². The number of hydrogen-bond donors (Lipinski definition) is 3. The maximum absolute atomic E-state index is 12.8. The zero-order valence-electron chi connectivity index (χ0n) is 18.3. The van der Waals surface area contributed by atoms with Gasteiger partial charge in [0.15, 0.2) is 6.10 Å². The van der Waals surface area contributed by atoms with Crippen molar-refractivity contribution in [3.05, 3.63) is 23.8 Å². The van der Waals surface area contributed by atoms with Crippen LogP contribution < -0.4 is 0 Å². The molecule has 0 radical (unpaired) electrons. The molecule has 0 aromatic heterocycles. The second-order valence-corrected chi connectivity index (χ2v) is 9.62. The predicted octanol–water partition coefficient (Wildman–Crippen LogP) is 1.21. The van der Waals surface area contributed by atoms with Crippen molar-refractivity contribution >= 4 is 5.97 Å². The lowest BCUT2D eigenvalue weighted by molar-refractivity contribution is -0.172. The van der Waals surface area contributed by atoms with Crippen LogP contribution in [0.2, 0.25) is 0 Å². The summed E-state index contributed by atoms with van der Waals surface area (Å²) >= 11 is 0. The number of hydrogen-bond acceptors (Lipinski definition) is 7. The van der Waals surface area contributed by atoms with Gasteiger partial charge in [-0.2, -0.15) is 0 Å². The van der Waals surface area contributed by atoms with Crippen LogP contribution >= 0.6 is 0 Å². The van der Waals surface area contributed by atoms with Crippen molar-refractivity contribution in [2.45, 2.75) is 76.3 Å². The summed E-state index contributed by atoms with van der Waals surface area (Å²) < 4.78 is 17.8. The van der Waals surface area contributed by atoms with E-state index >= 15 is 0 Å². The minimum atomic E-state index is -0.853. The van der Waals surface area contributed by atoms with E-state index in [-0.39, 0.29) is 29.6 Å². The molecular weight excluding hydrogens is 388 g/mol. The van der Waals surface area contributed by atoms with Gasteiger partial charge in [0.25, 0.3) is 0 Å². The number of carbonyl (C=O) groups is 1. The van der Waals surface area contributed by atoms with Crippen molar-refractivity contribution in [2.24, 2.45) is 29.6 Å². The normalized spacial score (nSPS) is 53.3. The standard InChI is InChI=1S/C23H34O7/c1-10-8-11(2)23-14(9-16(28-5)22(27)29-20(10)13(4)24)6-7-15-17(23)18(25)12(3)19(26)21(15)30-23/h6-8,10,12-21,24-26H,9H2,1-5H3/b11-8+/t10-,12-,13?,14-,15?,16+,17?,18-,19-,20?,21-,23+/m1/s1. The Bertz CT molecular complexity index is 746.